The van der Waals surface area contributed by atoms with Crippen molar-refractivity contribution >= 4 is 17.5 Å². The molecule has 6 nitrogen and oxygen atoms in total. The molecule has 0 spiro atoms. The first kappa shape index (κ1) is 16.9. The predicted octanol–water partition coefficient (Wildman–Crippen LogP) is 2.74. The van der Waals surface area contributed by atoms with E-state index in [9.17, 15) is 9.90 Å². The zero-order valence-corrected chi connectivity index (χ0v) is 14.1. The highest BCUT2D eigenvalue weighted by molar-refractivity contribution is 6.30. The fourth-order valence-electron chi connectivity index (χ4n) is 2.85. The van der Waals surface area contributed by atoms with E-state index >= 15 is 0 Å². The monoisotopic (exact) mass is 349 g/mol. The molecule has 2 N–H and O–H groups in total. The van der Waals surface area contributed by atoms with Crippen LogP contribution in [0.25, 0.3) is 11.4 Å². The highest BCUT2D eigenvalue weighted by atomic mass is 35.5. The minimum absolute atomic E-state index is 0.124. The Morgan fingerprint density at radius 1 is 1.29 bits per heavy atom. The van der Waals surface area contributed by atoms with Crippen LogP contribution in [0.3, 0.4) is 0 Å². The quantitative estimate of drug-likeness (QED) is 0.837. The van der Waals surface area contributed by atoms with Gasteiger partial charge in [0.15, 0.2) is 0 Å². The maximum absolute atomic E-state index is 11.9. The van der Waals surface area contributed by atoms with Gasteiger partial charge >= 0.3 is 0 Å². The topological polar surface area (TPSA) is 88.2 Å². The first-order chi connectivity index (χ1) is 11.5. The lowest BCUT2D eigenvalue weighted by Crippen LogP contribution is -2.40. The molecule has 128 valence electrons. The molecular formula is C17H20ClN3O3. The number of nitrogens with one attached hydrogen (secondary N) is 1. The number of aliphatic hydroxyl groups is 1. The Morgan fingerprint density at radius 3 is 2.71 bits per heavy atom. The number of amides is 1. The Balaban J connectivity index is 1.48. The normalized spacial score (nSPS) is 16.2. The molecular weight excluding hydrogens is 330 g/mol. The molecule has 1 saturated carbocycles. The zero-order valence-electron chi connectivity index (χ0n) is 13.3. The smallest absolute Gasteiger partial charge is 0.227 e. The summed E-state index contributed by atoms with van der Waals surface area (Å²) in [5.74, 6) is 0.763. The largest absolute Gasteiger partial charge is 0.388 e. The first-order valence-corrected chi connectivity index (χ1v) is 8.49. The van der Waals surface area contributed by atoms with E-state index in [1.807, 2.05) is 12.1 Å². The van der Waals surface area contributed by atoms with Gasteiger partial charge in [0.1, 0.15) is 0 Å². The fraction of sp³-hybridized carbons (Fsp3) is 0.471. The Bertz CT molecular complexity index is 693. The highest BCUT2D eigenvalue weighted by Crippen LogP contribution is 2.28. The van der Waals surface area contributed by atoms with Crippen molar-refractivity contribution in [3.05, 3.63) is 35.2 Å². The van der Waals surface area contributed by atoms with Crippen molar-refractivity contribution in [3.63, 3.8) is 0 Å². The van der Waals surface area contributed by atoms with Crippen LogP contribution in [0, 0.1) is 0 Å². The van der Waals surface area contributed by atoms with Crippen LogP contribution in [-0.4, -0.2) is 33.3 Å². The van der Waals surface area contributed by atoms with Crippen molar-refractivity contribution in [1.29, 1.82) is 0 Å². The number of aromatic nitrogens is 2. The molecule has 0 radical (unpaired) electrons. The Labute approximate surface area is 145 Å². The predicted molar refractivity (Wildman–Crippen MR) is 89.5 cm³/mol. The van der Waals surface area contributed by atoms with Crippen LogP contribution in [0.4, 0.5) is 0 Å². The average molecular weight is 350 g/mol. The summed E-state index contributed by atoms with van der Waals surface area (Å²) in [5.41, 5.74) is 0.0735. The molecule has 1 heterocycles. The summed E-state index contributed by atoms with van der Waals surface area (Å²) in [6.07, 6.45) is 4.15. The van der Waals surface area contributed by atoms with E-state index in [0.717, 1.165) is 31.2 Å². The van der Waals surface area contributed by atoms with E-state index in [2.05, 4.69) is 15.5 Å². The molecule has 24 heavy (non-hydrogen) atoms. The third-order valence-corrected chi connectivity index (χ3v) is 4.54. The summed E-state index contributed by atoms with van der Waals surface area (Å²) in [5, 5.41) is 17.6. The van der Waals surface area contributed by atoms with Crippen LogP contribution in [0.2, 0.25) is 5.02 Å². The highest BCUT2D eigenvalue weighted by Gasteiger charge is 2.31. The van der Waals surface area contributed by atoms with Gasteiger partial charge in [0.25, 0.3) is 0 Å². The van der Waals surface area contributed by atoms with Gasteiger partial charge in [-0.2, -0.15) is 4.98 Å². The number of benzene rings is 1. The van der Waals surface area contributed by atoms with Gasteiger partial charge in [-0.15, -0.1) is 0 Å². The molecule has 1 amide bonds. The van der Waals surface area contributed by atoms with Crippen LogP contribution in [-0.2, 0) is 11.2 Å². The van der Waals surface area contributed by atoms with Crippen molar-refractivity contribution in [2.75, 3.05) is 6.54 Å². The van der Waals surface area contributed by atoms with Crippen molar-refractivity contribution < 1.29 is 14.4 Å². The molecule has 0 bridgehead atoms. The first-order valence-electron chi connectivity index (χ1n) is 8.12. The van der Waals surface area contributed by atoms with E-state index in [-0.39, 0.29) is 12.3 Å². The number of nitrogens with zero attached hydrogens (tertiary/aromatic N) is 2. The summed E-state index contributed by atoms with van der Waals surface area (Å²) in [4.78, 5) is 16.2. The second-order valence-electron chi connectivity index (χ2n) is 6.23. The van der Waals surface area contributed by atoms with E-state index in [1.165, 1.54) is 0 Å². The molecule has 1 aromatic carbocycles. The van der Waals surface area contributed by atoms with Gasteiger partial charge in [-0.1, -0.05) is 29.6 Å². The molecule has 3 rings (SSSR count). The summed E-state index contributed by atoms with van der Waals surface area (Å²) in [7, 11) is 0. The third kappa shape index (κ3) is 4.33. The Hall–Kier alpha value is -1.92. The SMILES string of the molecule is O=C(CCc1nc(-c2ccc(Cl)cc2)no1)NCC1(O)CCCC1. The number of rotatable bonds is 6. The number of carbonyl (C=O) groups excluding carboxylic acids is 1. The summed E-state index contributed by atoms with van der Waals surface area (Å²) in [6.45, 7) is 0.311. The molecule has 0 unspecified atom stereocenters. The summed E-state index contributed by atoms with van der Waals surface area (Å²) < 4.78 is 5.17. The van der Waals surface area contributed by atoms with Crippen molar-refractivity contribution in [1.82, 2.24) is 15.5 Å². The minimum atomic E-state index is -0.734. The van der Waals surface area contributed by atoms with Crippen LogP contribution in [0.15, 0.2) is 28.8 Å². The molecule has 2 aromatic rings. The number of aryl methyl sites for hydroxylation is 1. The summed E-state index contributed by atoms with van der Waals surface area (Å²) in [6, 6.07) is 7.14. The molecule has 7 heteroatoms. The third-order valence-electron chi connectivity index (χ3n) is 4.29. The lowest BCUT2D eigenvalue weighted by Gasteiger charge is -2.22. The lowest BCUT2D eigenvalue weighted by atomic mass is 10.0. The van der Waals surface area contributed by atoms with Crippen LogP contribution < -0.4 is 5.32 Å². The van der Waals surface area contributed by atoms with E-state index in [4.69, 9.17) is 16.1 Å². The zero-order chi connectivity index (χ0) is 17.0. The molecule has 0 atom stereocenters. The van der Waals surface area contributed by atoms with Crippen LogP contribution in [0.1, 0.15) is 38.0 Å². The van der Waals surface area contributed by atoms with Crippen molar-refractivity contribution in [2.45, 2.75) is 44.1 Å². The molecule has 1 fully saturated rings. The Morgan fingerprint density at radius 2 is 2.00 bits per heavy atom. The van der Waals surface area contributed by atoms with Gasteiger partial charge in [-0.05, 0) is 37.1 Å². The number of carbonyl (C=O) groups is 1. The molecule has 1 aliphatic rings. The second-order valence-corrected chi connectivity index (χ2v) is 6.66. The molecule has 0 aliphatic heterocycles. The van der Waals surface area contributed by atoms with Gasteiger partial charge < -0.3 is 14.9 Å². The maximum atomic E-state index is 11.9. The molecule has 1 aromatic heterocycles. The number of halogens is 1. The fourth-order valence-corrected chi connectivity index (χ4v) is 2.98. The second kappa shape index (κ2) is 7.32. The van der Waals surface area contributed by atoms with Gasteiger partial charge in [-0.25, -0.2) is 0 Å². The van der Waals surface area contributed by atoms with Gasteiger partial charge in [-0.3, -0.25) is 4.79 Å². The van der Waals surface area contributed by atoms with Gasteiger partial charge in [0.2, 0.25) is 17.6 Å². The number of hydrogen-bond donors (Lipinski definition) is 2. The van der Waals surface area contributed by atoms with E-state index in [0.29, 0.717) is 29.7 Å². The van der Waals surface area contributed by atoms with Crippen LogP contribution >= 0.6 is 11.6 Å². The molecule has 0 saturated heterocycles. The van der Waals surface area contributed by atoms with Crippen molar-refractivity contribution in [2.24, 2.45) is 0 Å². The van der Waals surface area contributed by atoms with E-state index < -0.39 is 5.60 Å². The standard InChI is InChI=1S/C17H20ClN3O3/c18-13-5-3-12(4-6-13)16-20-15(24-21-16)8-7-14(22)19-11-17(23)9-1-2-10-17/h3-6,23H,1-2,7-11H2,(H,19,22). The summed E-state index contributed by atoms with van der Waals surface area (Å²) >= 11 is 5.85. The van der Waals surface area contributed by atoms with Crippen molar-refractivity contribution in [3.8, 4) is 11.4 Å². The van der Waals surface area contributed by atoms with Gasteiger partial charge in [0, 0.05) is 30.0 Å². The maximum Gasteiger partial charge on any atom is 0.227 e. The Kier molecular flexibility index (Phi) is 5.16. The minimum Gasteiger partial charge on any atom is -0.388 e. The van der Waals surface area contributed by atoms with Gasteiger partial charge in [0.05, 0.1) is 5.60 Å². The van der Waals surface area contributed by atoms with E-state index in [1.54, 1.807) is 12.1 Å². The average Bonchev–Trinajstić information content (AvgIpc) is 3.22. The lowest BCUT2D eigenvalue weighted by molar-refractivity contribution is -0.122. The molecule has 1 aliphatic carbocycles. The van der Waals surface area contributed by atoms with Crippen LogP contribution in [0.5, 0.6) is 0 Å². The number of hydrogen-bond acceptors (Lipinski definition) is 5.